The fraction of sp³-hybridized carbons (Fsp3) is 0.130. The van der Waals surface area contributed by atoms with Gasteiger partial charge in [-0.3, -0.25) is 0 Å². The lowest BCUT2D eigenvalue weighted by Gasteiger charge is -2.07. The standard InChI is InChI=1S/C23H22N4O/c1-17-10-12-18(13-11-17)16-28-20-7-5-6-19(14-20)15-24-26-23-25-21-8-3-4-9-22(21)27(23)2/h3-15H,16H2,1-2H3,(H,25,26)/b24-15-. The number of hydrogen-bond acceptors (Lipinski definition) is 4. The molecule has 0 aliphatic carbocycles. The van der Waals surface area contributed by atoms with Crippen LogP contribution in [0.2, 0.25) is 0 Å². The number of rotatable bonds is 6. The van der Waals surface area contributed by atoms with E-state index in [0.29, 0.717) is 12.6 Å². The molecule has 0 saturated heterocycles. The van der Waals surface area contributed by atoms with Crippen LogP contribution in [-0.2, 0) is 13.7 Å². The Morgan fingerprint density at radius 1 is 1.04 bits per heavy atom. The lowest BCUT2D eigenvalue weighted by atomic mass is 10.2. The van der Waals surface area contributed by atoms with Gasteiger partial charge in [0.1, 0.15) is 12.4 Å². The first kappa shape index (κ1) is 17.8. The fourth-order valence-corrected chi connectivity index (χ4v) is 2.95. The van der Waals surface area contributed by atoms with Gasteiger partial charge in [-0.2, -0.15) is 5.10 Å². The van der Waals surface area contributed by atoms with Crippen LogP contribution in [0.15, 0.2) is 77.9 Å². The third-order valence-corrected chi connectivity index (χ3v) is 4.55. The maximum atomic E-state index is 5.90. The first-order valence-electron chi connectivity index (χ1n) is 9.18. The van der Waals surface area contributed by atoms with Crippen molar-refractivity contribution in [2.75, 3.05) is 5.43 Å². The molecule has 5 heteroatoms. The molecule has 4 rings (SSSR count). The molecule has 1 N–H and O–H groups in total. The molecule has 0 fully saturated rings. The SMILES string of the molecule is Cc1ccc(COc2cccc(/C=N\Nc3nc4ccccc4n3C)c2)cc1. The van der Waals surface area contributed by atoms with Crippen LogP contribution in [0.25, 0.3) is 11.0 Å². The van der Waals surface area contributed by atoms with Crippen LogP contribution in [-0.4, -0.2) is 15.8 Å². The summed E-state index contributed by atoms with van der Waals surface area (Å²) in [5.74, 6) is 1.51. The van der Waals surface area contributed by atoms with Crippen LogP contribution in [0.3, 0.4) is 0 Å². The number of benzene rings is 3. The summed E-state index contributed by atoms with van der Waals surface area (Å²) in [4.78, 5) is 4.54. The van der Waals surface area contributed by atoms with Gasteiger partial charge in [0.15, 0.2) is 0 Å². The molecular weight excluding hydrogens is 348 g/mol. The van der Waals surface area contributed by atoms with Crippen LogP contribution < -0.4 is 10.2 Å². The molecule has 3 aromatic carbocycles. The number of anilines is 1. The lowest BCUT2D eigenvalue weighted by Crippen LogP contribution is -1.99. The number of aromatic nitrogens is 2. The topological polar surface area (TPSA) is 51.4 Å². The summed E-state index contributed by atoms with van der Waals surface area (Å²) in [6, 6.07) is 24.2. The molecule has 4 aromatic rings. The Balaban J connectivity index is 1.41. The van der Waals surface area contributed by atoms with E-state index in [1.807, 2.05) is 60.1 Å². The van der Waals surface area contributed by atoms with Crippen molar-refractivity contribution in [2.45, 2.75) is 13.5 Å². The van der Waals surface area contributed by atoms with Crippen LogP contribution in [0.1, 0.15) is 16.7 Å². The summed E-state index contributed by atoms with van der Waals surface area (Å²) >= 11 is 0. The molecule has 5 nitrogen and oxygen atoms in total. The molecule has 0 spiro atoms. The van der Waals surface area contributed by atoms with Crippen molar-refractivity contribution in [1.29, 1.82) is 0 Å². The highest BCUT2D eigenvalue weighted by atomic mass is 16.5. The number of hydrazone groups is 1. The van der Waals surface area contributed by atoms with Gasteiger partial charge >= 0.3 is 0 Å². The number of hydrogen-bond donors (Lipinski definition) is 1. The van der Waals surface area contributed by atoms with E-state index in [9.17, 15) is 0 Å². The fourth-order valence-electron chi connectivity index (χ4n) is 2.95. The van der Waals surface area contributed by atoms with E-state index in [-0.39, 0.29) is 0 Å². The van der Waals surface area contributed by atoms with E-state index in [1.165, 1.54) is 5.56 Å². The molecule has 28 heavy (non-hydrogen) atoms. The third kappa shape index (κ3) is 4.04. The molecule has 0 amide bonds. The van der Waals surface area contributed by atoms with Crippen molar-refractivity contribution < 1.29 is 4.74 Å². The number of nitrogens with one attached hydrogen (secondary N) is 1. The highest BCUT2D eigenvalue weighted by Gasteiger charge is 2.05. The first-order valence-corrected chi connectivity index (χ1v) is 9.18. The number of imidazole rings is 1. The van der Waals surface area contributed by atoms with Gasteiger partial charge in [-0.1, -0.05) is 54.1 Å². The van der Waals surface area contributed by atoms with Gasteiger partial charge in [-0.25, -0.2) is 10.4 Å². The first-order chi connectivity index (χ1) is 13.7. The average Bonchev–Trinajstić information content (AvgIpc) is 3.04. The Morgan fingerprint density at radius 3 is 2.68 bits per heavy atom. The Hall–Kier alpha value is -3.60. The normalized spacial score (nSPS) is 11.2. The Morgan fingerprint density at radius 2 is 1.86 bits per heavy atom. The molecule has 1 aromatic heterocycles. The van der Waals surface area contributed by atoms with E-state index >= 15 is 0 Å². The van der Waals surface area contributed by atoms with Gasteiger partial charge in [-0.15, -0.1) is 0 Å². The maximum Gasteiger partial charge on any atom is 0.224 e. The second-order valence-electron chi connectivity index (χ2n) is 6.70. The molecular formula is C23H22N4O. The molecule has 0 aliphatic heterocycles. The monoisotopic (exact) mass is 370 g/mol. The van der Waals surface area contributed by atoms with Crippen molar-refractivity contribution in [2.24, 2.45) is 12.1 Å². The molecule has 0 radical (unpaired) electrons. The van der Waals surface area contributed by atoms with Gasteiger partial charge in [0.2, 0.25) is 5.95 Å². The largest absolute Gasteiger partial charge is 0.489 e. The van der Waals surface area contributed by atoms with Crippen molar-refractivity contribution in [3.05, 3.63) is 89.5 Å². The second kappa shape index (κ2) is 7.96. The molecule has 0 atom stereocenters. The van der Waals surface area contributed by atoms with E-state index in [4.69, 9.17) is 4.74 Å². The zero-order chi connectivity index (χ0) is 19.3. The van der Waals surface area contributed by atoms with Crippen LogP contribution >= 0.6 is 0 Å². The number of para-hydroxylation sites is 2. The predicted octanol–water partition coefficient (Wildman–Crippen LogP) is 4.91. The van der Waals surface area contributed by atoms with Gasteiger partial charge in [0.25, 0.3) is 0 Å². The second-order valence-corrected chi connectivity index (χ2v) is 6.70. The summed E-state index contributed by atoms with van der Waals surface area (Å²) in [6.07, 6.45) is 1.76. The van der Waals surface area contributed by atoms with E-state index in [1.54, 1.807) is 6.21 Å². The van der Waals surface area contributed by atoms with E-state index in [2.05, 4.69) is 46.7 Å². The van der Waals surface area contributed by atoms with Crippen LogP contribution in [0.4, 0.5) is 5.95 Å². The van der Waals surface area contributed by atoms with Gasteiger partial charge in [0, 0.05) is 7.05 Å². The minimum absolute atomic E-state index is 0.541. The molecule has 0 unspecified atom stereocenters. The maximum absolute atomic E-state index is 5.90. The predicted molar refractivity (Wildman–Crippen MR) is 114 cm³/mol. The number of ether oxygens (including phenoxy) is 1. The van der Waals surface area contributed by atoms with Crippen molar-refractivity contribution in [3.63, 3.8) is 0 Å². The summed E-state index contributed by atoms with van der Waals surface area (Å²) in [7, 11) is 1.97. The molecule has 1 heterocycles. The molecule has 0 saturated carbocycles. The Bertz CT molecular complexity index is 1110. The van der Waals surface area contributed by atoms with Crippen LogP contribution in [0, 0.1) is 6.92 Å². The van der Waals surface area contributed by atoms with Gasteiger partial charge in [-0.05, 0) is 42.3 Å². The summed E-state index contributed by atoms with van der Waals surface area (Å²) in [6.45, 7) is 2.62. The zero-order valence-electron chi connectivity index (χ0n) is 16.0. The van der Waals surface area contributed by atoms with E-state index < -0.39 is 0 Å². The number of nitrogens with zero attached hydrogens (tertiary/aromatic N) is 3. The lowest BCUT2D eigenvalue weighted by molar-refractivity contribution is 0.306. The quantitative estimate of drug-likeness (QED) is 0.388. The number of aryl methyl sites for hydroxylation is 2. The highest BCUT2D eigenvalue weighted by molar-refractivity contribution is 5.81. The van der Waals surface area contributed by atoms with E-state index in [0.717, 1.165) is 27.9 Å². The van der Waals surface area contributed by atoms with Crippen molar-refractivity contribution in [1.82, 2.24) is 9.55 Å². The molecule has 0 aliphatic rings. The minimum Gasteiger partial charge on any atom is -0.489 e. The summed E-state index contributed by atoms with van der Waals surface area (Å²) < 4.78 is 7.88. The van der Waals surface area contributed by atoms with Gasteiger partial charge in [0.05, 0.1) is 17.2 Å². The minimum atomic E-state index is 0.541. The number of fused-ring (bicyclic) bond motifs is 1. The smallest absolute Gasteiger partial charge is 0.224 e. The average molecular weight is 370 g/mol. The Labute approximate surface area is 164 Å². The molecule has 0 bridgehead atoms. The van der Waals surface area contributed by atoms with Crippen molar-refractivity contribution >= 4 is 23.2 Å². The summed E-state index contributed by atoms with van der Waals surface area (Å²) in [5.41, 5.74) is 8.36. The van der Waals surface area contributed by atoms with Crippen molar-refractivity contribution in [3.8, 4) is 5.75 Å². The third-order valence-electron chi connectivity index (χ3n) is 4.55. The zero-order valence-corrected chi connectivity index (χ0v) is 16.0. The highest BCUT2D eigenvalue weighted by Crippen LogP contribution is 2.18. The summed E-state index contributed by atoms with van der Waals surface area (Å²) in [5, 5.41) is 4.32. The van der Waals surface area contributed by atoms with Gasteiger partial charge < -0.3 is 9.30 Å². The van der Waals surface area contributed by atoms with Crippen LogP contribution in [0.5, 0.6) is 5.75 Å². The Kier molecular flexibility index (Phi) is 5.06. The molecule has 140 valence electrons.